The van der Waals surface area contributed by atoms with Gasteiger partial charge < -0.3 is 10.2 Å². The van der Waals surface area contributed by atoms with Gasteiger partial charge >= 0.3 is 0 Å². The highest BCUT2D eigenvalue weighted by Gasteiger charge is 2.52. The molecule has 0 aromatic carbocycles. The van der Waals surface area contributed by atoms with Crippen LogP contribution in [-0.4, -0.2) is 34.8 Å². The lowest BCUT2D eigenvalue weighted by atomic mass is 9.83. The van der Waals surface area contributed by atoms with Crippen molar-refractivity contribution in [2.45, 2.75) is 72.0 Å². The molecule has 1 N–H and O–H groups in total. The molecule has 1 aliphatic heterocycles. The number of carbonyl (C=O) groups is 2. The summed E-state index contributed by atoms with van der Waals surface area (Å²) in [5.41, 5.74) is -0.236. The fourth-order valence-electron chi connectivity index (χ4n) is 3.10. The van der Waals surface area contributed by atoms with Gasteiger partial charge in [0.2, 0.25) is 11.8 Å². The minimum absolute atomic E-state index is 0.0174. The number of hydrogen-bond acceptors (Lipinski definition) is 2. The van der Waals surface area contributed by atoms with Crippen molar-refractivity contribution < 1.29 is 9.59 Å². The smallest absolute Gasteiger partial charge is 0.246 e. The molecule has 0 spiro atoms. The molecule has 0 aromatic rings. The van der Waals surface area contributed by atoms with Crippen molar-refractivity contribution in [3.63, 3.8) is 0 Å². The standard InChI is InChI=1S/C15H26N2O2/c1-6-9-8-11(9)17-10(7-2)13(18)16-12(14(17)19)15(3,4)5/h9-12H,6-8H2,1-5H3,(H,16,18). The van der Waals surface area contributed by atoms with Crippen LogP contribution in [0, 0.1) is 11.3 Å². The van der Waals surface area contributed by atoms with Gasteiger partial charge in [0.15, 0.2) is 0 Å². The van der Waals surface area contributed by atoms with E-state index in [0.29, 0.717) is 18.4 Å². The van der Waals surface area contributed by atoms with Gasteiger partial charge in [0.25, 0.3) is 0 Å². The first-order chi connectivity index (χ1) is 8.81. The van der Waals surface area contributed by atoms with E-state index in [1.165, 1.54) is 0 Å². The SMILES string of the molecule is CCC1CC1N1C(=O)C(C(C)(C)C)NC(=O)C1CC. The lowest BCUT2D eigenvalue weighted by molar-refractivity contribution is -0.153. The predicted molar refractivity (Wildman–Crippen MR) is 74.5 cm³/mol. The van der Waals surface area contributed by atoms with E-state index in [9.17, 15) is 9.59 Å². The Labute approximate surface area is 115 Å². The number of hydrogen-bond donors (Lipinski definition) is 1. The van der Waals surface area contributed by atoms with Crippen LogP contribution in [0.2, 0.25) is 0 Å². The maximum absolute atomic E-state index is 12.7. The van der Waals surface area contributed by atoms with Crippen molar-refractivity contribution in [1.82, 2.24) is 10.2 Å². The molecule has 1 heterocycles. The highest BCUT2D eigenvalue weighted by Crippen LogP contribution is 2.42. The lowest BCUT2D eigenvalue weighted by Crippen LogP contribution is -2.67. The number of carbonyl (C=O) groups excluding carboxylic acids is 2. The second kappa shape index (κ2) is 4.80. The van der Waals surface area contributed by atoms with Gasteiger partial charge in [-0.05, 0) is 24.2 Å². The van der Waals surface area contributed by atoms with Crippen LogP contribution in [0.4, 0.5) is 0 Å². The summed E-state index contributed by atoms with van der Waals surface area (Å²) in [7, 11) is 0. The van der Waals surface area contributed by atoms with Gasteiger partial charge in [-0.25, -0.2) is 0 Å². The molecule has 4 heteroatoms. The van der Waals surface area contributed by atoms with E-state index in [2.05, 4.69) is 12.2 Å². The number of amides is 2. The Morgan fingerprint density at radius 3 is 2.26 bits per heavy atom. The first kappa shape index (κ1) is 14.4. The van der Waals surface area contributed by atoms with Crippen LogP contribution >= 0.6 is 0 Å². The maximum Gasteiger partial charge on any atom is 0.246 e. The normalized spacial score (nSPS) is 35.3. The van der Waals surface area contributed by atoms with E-state index < -0.39 is 0 Å². The van der Waals surface area contributed by atoms with E-state index in [4.69, 9.17) is 0 Å². The number of rotatable bonds is 3. The summed E-state index contributed by atoms with van der Waals surface area (Å²) in [6.07, 6.45) is 2.84. The molecule has 2 fully saturated rings. The van der Waals surface area contributed by atoms with Crippen LogP contribution in [-0.2, 0) is 9.59 Å². The van der Waals surface area contributed by atoms with Crippen molar-refractivity contribution >= 4 is 11.8 Å². The van der Waals surface area contributed by atoms with Crippen molar-refractivity contribution in [3.05, 3.63) is 0 Å². The van der Waals surface area contributed by atoms with Crippen LogP contribution in [0.15, 0.2) is 0 Å². The Kier molecular flexibility index (Phi) is 3.63. The largest absolute Gasteiger partial charge is 0.342 e. The molecule has 0 bridgehead atoms. The first-order valence-corrected chi connectivity index (χ1v) is 7.43. The summed E-state index contributed by atoms with van der Waals surface area (Å²) in [6, 6.07) is -0.369. The third-order valence-corrected chi connectivity index (χ3v) is 4.45. The zero-order valence-corrected chi connectivity index (χ0v) is 12.7. The van der Waals surface area contributed by atoms with Crippen molar-refractivity contribution in [1.29, 1.82) is 0 Å². The summed E-state index contributed by atoms with van der Waals surface area (Å²) in [4.78, 5) is 26.9. The van der Waals surface area contributed by atoms with E-state index >= 15 is 0 Å². The Balaban J connectivity index is 2.25. The van der Waals surface area contributed by atoms with Crippen LogP contribution in [0.25, 0.3) is 0 Å². The van der Waals surface area contributed by atoms with Gasteiger partial charge in [-0.15, -0.1) is 0 Å². The Morgan fingerprint density at radius 1 is 1.21 bits per heavy atom. The van der Waals surface area contributed by atoms with Crippen molar-refractivity contribution in [2.75, 3.05) is 0 Å². The molecule has 2 amide bonds. The molecule has 1 saturated carbocycles. The highest BCUT2D eigenvalue weighted by molar-refractivity contribution is 5.97. The number of nitrogens with one attached hydrogen (secondary N) is 1. The van der Waals surface area contributed by atoms with E-state index in [1.807, 2.05) is 32.6 Å². The molecule has 108 valence electrons. The van der Waals surface area contributed by atoms with Gasteiger partial charge in [0.05, 0.1) is 0 Å². The summed E-state index contributed by atoms with van der Waals surface area (Å²) in [5.74, 6) is 0.716. The minimum Gasteiger partial charge on any atom is -0.342 e. The quantitative estimate of drug-likeness (QED) is 0.848. The molecule has 0 radical (unpaired) electrons. The third-order valence-electron chi connectivity index (χ3n) is 4.45. The topological polar surface area (TPSA) is 49.4 Å². The highest BCUT2D eigenvalue weighted by atomic mass is 16.2. The number of piperazine rings is 1. The van der Waals surface area contributed by atoms with Gasteiger partial charge in [0, 0.05) is 6.04 Å². The summed E-state index contributed by atoms with van der Waals surface area (Å²) >= 11 is 0. The van der Waals surface area contributed by atoms with E-state index in [-0.39, 0.29) is 29.3 Å². The molecule has 1 saturated heterocycles. The van der Waals surface area contributed by atoms with Crippen LogP contribution in [0.5, 0.6) is 0 Å². The first-order valence-electron chi connectivity index (χ1n) is 7.43. The second-order valence-corrected chi connectivity index (χ2v) is 6.95. The van der Waals surface area contributed by atoms with Crippen LogP contribution in [0.1, 0.15) is 53.9 Å². The average molecular weight is 266 g/mol. The fraction of sp³-hybridized carbons (Fsp3) is 0.867. The lowest BCUT2D eigenvalue weighted by Gasteiger charge is -2.43. The zero-order valence-electron chi connectivity index (χ0n) is 12.7. The molecule has 1 aliphatic carbocycles. The molecular weight excluding hydrogens is 240 g/mol. The Bertz CT molecular complexity index is 386. The molecule has 19 heavy (non-hydrogen) atoms. The Hall–Kier alpha value is -1.06. The fourth-order valence-corrected chi connectivity index (χ4v) is 3.10. The maximum atomic E-state index is 12.7. The molecule has 4 unspecified atom stereocenters. The average Bonchev–Trinajstić information content (AvgIpc) is 3.08. The summed E-state index contributed by atoms with van der Waals surface area (Å²) in [5, 5.41) is 2.92. The second-order valence-electron chi connectivity index (χ2n) is 6.95. The molecule has 2 rings (SSSR count). The predicted octanol–water partition coefficient (Wildman–Crippen LogP) is 1.94. The third kappa shape index (κ3) is 2.49. The summed E-state index contributed by atoms with van der Waals surface area (Å²) in [6.45, 7) is 10.1. The van der Waals surface area contributed by atoms with E-state index in [0.717, 1.165) is 12.8 Å². The van der Waals surface area contributed by atoms with Gasteiger partial charge in [-0.1, -0.05) is 41.0 Å². The molecular formula is C15H26N2O2. The van der Waals surface area contributed by atoms with E-state index in [1.54, 1.807) is 0 Å². The zero-order chi connectivity index (χ0) is 14.4. The van der Waals surface area contributed by atoms with Gasteiger partial charge in [-0.2, -0.15) is 0 Å². The minimum atomic E-state index is -0.388. The summed E-state index contributed by atoms with van der Waals surface area (Å²) < 4.78 is 0. The van der Waals surface area contributed by atoms with Gasteiger partial charge in [0.1, 0.15) is 12.1 Å². The molecule has 4 nitrogen and oxygen atoms in total. The molecule has 0 aromatic heterocycles. The van der Waals surface area contributed by atoms with Gasteiger partial charge in [-0.3, -0.25) is 9.59 Å². The molecule has 2 aliphatic rings. The number of nitrogens with zero attached hydrogens (tertiary/aromatic N) is 1. The van der Waals surface area contributed by atoms with Crippen LogP contribution < -0.4 is 5.32 Å². The Morgan fingerprint density at radius 2 is 1.84 bits per heavy atom. The van der Waals surface area contributed by atoms with Crippen molar-refractivity contribution in [3.8, 4) is 0 Å². The van der Waals surface area contributed by atoms with Crippen molar-refractivity contribution in [2.24, 2.45) is 11.3 Å². The monoisotopic (exact) mass is 266 g/mol. The molecule has 4 atom stereocenters. The van der Waals surface area contributed by atoms with Crippen LogP contribution in [0.3, 0.4) is 0 Å².